The third kappa shape index (κ3) is 4.63. The number of benzene rings is 1. The second-order valence-corrected chi connectivity index (χ2v) is 8.94. The van der Waals surface area contributed by atoms with Gasteiger partial charge in [0.25, 0.3) is 0 Å². The molecule has 1 aromatic heterocycles. The Hall–Kier alpha value is -2.92. The minimum atomic E-state index is -4.27. The van der Waals surface area contributed by atoms with Crippen molar-refractivity contribution in [3.63, 3.8) is 0 Å². The van der Waals surface area contributed by atoms with Gasteiger partial charge in [-0.3, -0.25) is 0 Å². The minimum absolute atomic E-state index is 0.0756. The molecule has 3 atom stereocenters. The lowest BCUT2D eigenvalue weighted by Crippen LogP contribution is -2.53. The van der Waals surface area contributed by atoms with Crippen molar-refractivity contribution in [3.8, 4) is 11.6 Å². The zero-order valence-corrected chi connectivity index (χ0v) is 17.3. The van der Waals surface area contributed by atoms with Crippen LogP contribution in [0.3, 0.4) is 0 Å². The van der Waals surface area contributed by atoms with Gasteiger partial charge in [0.2, 0.25) is 21.6 Å². The average Bonchev–Trinajstić information content (AvgIpc) is 3.07. The maximum absolute atomic E-state index is 13.9. The van der Waals surface area contributed by atoms with Crippen LogP contribution in [0, 0.1) is 12.4 Å². The number of pyridine rings is 1. The fraction of sp³-hybridized carbons (Fsp3) is 0.368. The zero-order chi connectivity index (χ0) is 23.7. The number of hydrogen-bond acceptors (Lipinski definition) is 7. The molecule has 172 valence electrons. The number of ether oxygens (including phenoxy) is 2. The van der Waals surface area contributed by atoms with Gasteiger partial charge in [-0.1, -0.05) is 0 Å². The molecule has 3 rings (SSSR count). The highest BCUT2D eigenvalue weighted by atomic mass is 32.2. The summed E-state index contributed by atoms with van der Waals surface area (Å²) in [5.41, 5.74) is -2.29. The molecular formula is C19H18F3N3O6S. The van der Waals surface area contributed by atoms with Crippen LogP contribution in [-0.4, -0.2) is 65.4 Å². The number of rotatable bonds is 7. The molecule has 1 aromatic carbocycles. The van der Waals surface area contributed by atoms with Crippen molar-refractivity contribution in [2.24, 2.45) is 0 Å². The van der Waals surface area contributed by atoms with Crippen LogP contribution in [0.15, 0.2) is 41.4 Å². The SMILES string of the molecule is [C-]#[N+]c1ccc(O[C@H]2CN(S(=O)(=O)c3ccc(OC(F)F)nc3)C[C@@]2(O)[C@@H](C)O)cc1F. The van der Waals surface area contributed by atoms with Crippen molar-refractivity contribution in [1.29, 1.82) is 0 Å². The number of alkyl halides is 2. The van der Waals surface area contributed by atoms with Gasteiger partial charge < -0.3 is 19.7 Å². The van der Waals surface area contributed by atoms with E-state index in [-0.39, 0.29) is 16.3 Å². The lowest BCUT2D eigenvalue weighted by atomic mass is 9.94. The van der Waals surface area contributed by atoms with Crippen molar-refractivity contribution >= 4 is 15.7 Å². The first-order valence-electron chi connectivity index (χ1n) is 9.12. The normalized spacial score (nSPS) is 22.5. The fourth-order valence-corrected chi connectivity index (χ4v) is 4.59. The summed E-state index contributed by atoms with van der Waals surface area (Å²) in [6, 6.07) is 5.32. The molecule has 0 aliphatic carbocycles. The van der Waals surface area contributed by atoms with E-state index in [4.69, 9.17) is 11.3 Å². The predicted molar refractivity (Wildman–Crippen MR) is 103 cm³/mol. The molecule has 0 amide bonds. The van der Waals surface area contributed by atoms with Gasteiger partial charge in [-0.05, 0) is 25.1 Å². The zero-order valence-electron chi connectivity index (χ0n) is 16.5. The lowest BCUT2D eigenvalue weighted by Gasteiger charge is -2.31. The second kappa shape index (κ2) is 8.91. The fourth-order valence-electron chi connectivity index (χ4n) is 3.16. The van der Waals surface area contributed by atoms with Crippen LogP contribution in [0.1, 0.15) is 6.92 Å². The van der Waals surface area contributed by atoms with Crippen LogP contribution in [0.4, 0.5) is 18.9 Å². The number of hydrogen-bond donors (Lipinski definition) is 2. The summed E-state index contributed by atoms with van der Waals surface area (Å²) in [7, 11) is -4.27. The Morgan fingerprint density at radius 3 is 2.59 bits per heavy atom. The number of aliphatic hydroxyl groups excluding tert-OH is 1. The predicted octanol–water partition coefficient (Wildman–Crippen LogP) is 1.94. The van der Waals surface area contributed by atoms with Crippen molar-refractivity contribution in [2.45, 2.75) is 36.2 Å². The Bertz CT molecular complexity index is 1120. The maximum Gasteiger partial charge on any atom is 0.388 e. The molecule has 1 aliphatic heterocycles. The van der Waals surface area contributed by atoms with Crippen molar-refractivity contribution in [1.82, 2.24) is 9.29 Å². The smallest absolute Gasteiger partial charge is 0.388 e. The number of aromatic nitrogens is 1. The number of nitrogens with zero attached hydrogens (tertiary/aromatic N) is 3. The molecule has 1 saturated heterocycles. The van der Waals surface area contributed by atoms with Gasteiger partial charge in [0.1, 0.15) is 28.2 Å². The molecule has 0 spiro atoms. The summed E-state index contributed by atoms with van der Waals surface area (Å²) < 4.78 is 74.9. The summed E-state index contributed by atoms with van der Waals surface area (Å²) in [6.07, 6.45) is -1.90. The molecule has 2 heterocycles. The molecule has 2 aromatic rings. The third-order valence-corrected chi connectivity index (χ3v) is 6.75. The van der Waals surface area contributed by atoms with Crippen LogP contribution >= 0.6 is 0 Å². The van der Waals surface area contributed by atoms with Crippen LogP contribution < -0.4 is 9.47 Å². The van der Waals surface area contributed by atoms with Crippen molar-refractivity contribution < 1.29 is 41.3 Å². The molecular weight excluding hydrogens is 455 g/mol. The molecule has 1 fully saturated rings. The minimum Gasteiger partial charge on any atom is -0.486 e. The Kier molecular flexibility index (Phi) is 6.61. The van der Waals surface area contributed by atoms with Crippen molar-refractivity contribution in [2.75, 3.05) is 13.1 Å². The van der Waals surface area contributed by atoms with Crippen LogP contribution in [0.25, 0.3) is 4.85 Å². The monoisotopic (exact) mass is 473 g/mol. The van der Waals surface area contributed by atoms with E-state index in [1.807, 2.05) is 0 Å². The summed E-state index contributed by atoms with van der Waals surface area (Å²) in [5, 5.41) is 21.0. The highest BCUT2D eigenvalue weighted by Crippen LogP contribution is 2.34. The lowest BCUT2D eigenvalue weighted by molar-refractivity contribution is -0.104. The van der Waals surface area contributed by atoms with Crippen molar-refractivity contribution in [3.05, 3.63) is 53.8 Å². The summed E-state index contributed by atoms with van der Waals surface area (Å²) >= 11 is 0. The number of sulfonamides is 1. The summed E-state index contributed by atoms with van der Waals surface area (Å²) in [5.74, 6) is -1.42. The number of β-amino-alcohol motifs (C(OH)–C–C–N with tert-alkyl or cyclic N) is 1. The van der Waals surface area contributed by atoms with Gasteiger partial charge in [-0.15, -0.1) is 0 Å². The molecule has 0 radical (unpaired) electrons. The van der Waals surface area contributed by atoms with Gasteiger partial charge in [-0.2, -0.15) is 13.1 Å². The molecule has 9 nitrogen and oxygen atoms in total. The topological polar surface area (TPSA) is 114 Å². The van der Waals surface area contributed by atoms with E-state index in [1.165, 1.54) is 13.0 Å². The third-order valence-electron chi connectivity index (χ3n) is 4.95. The van der Waals surface area contributed by atoms with E-state index in [0.29, 0.717) is 0 Å². The molecule has 0 saturated carbocycles. The summed E-state index contributed by atoms with van der Waals surface area (Å²) in [4.78, 5) is 6.15. The molecule has 0 unspecified atom stereocenters. The molecule has 13 heteroatoms. The first-order chi connectivity index (χ1) is 15.0. The quantitative estimate of drug-likeness (QED) is 0.591. The van der Waals surface area contributed by atoms with Crippen LogP contribution in [0.2, 0.25) is 0 Å². The average molecular weight is 473 g/mol. The second-order valence-electron chi connectivity index (χ2n) is 7.01. The highest BCUT2D eigenvalue weighted by Gasteiger charge is 2.53. The molecule has 32 heavy (non-hydrogen) atoms. The van der Waals surface area contributed by atoms with E-state index >= 15 is 0 Å². The highest BCUT2D eigenvalue weighted by molar-refractivity contribution is 7.89. The van der Waals surface area contributed by atoms with E-state index in [9.17, 15) is 31.8 Å². The molecule has 0 bridgehead atoms. The van der Waals surface area contributed by atoms with E-state index in [0.717, 1.165) is 34.8 Å². The van der Waals surface area contributed by atoms with Gasteiger partial charge >= 0.3 is 6.61 Å². The maximum atomic E-state index is 13.9. The van der Waals surface area contributed by atoms with E-state index in [2.05, 4.69) is 14.6 Å². The van der Waals surface area contributed by atoms with Gasteiger partial charge in [0, 0.05) is 18.7 Å². The van der Waals surface area contributed by atoms with E-state index < -0.39 is 59.2 Å². The Labute approximate surface area is 181 Å². The first kappa shape index (κ1) is 23.7. The first-order valence-corrected chi connectivity index (χ1v) is 10.6. The van der Waals surface area contributed by atoms with Gasteiger partial charge in [0.05, 0.1) is 25.4 Å². The largest absolute Gasteiger partial charge is 0.486 e. The van der Waals surface area contributed by atoms with Gasteiger partial charge in [-0.25, -0.2) is 22.6 Å². The standard InChI is InChI=1S/C19H18F3N3O6S/c1-11(26)19(27)10-25(9-16(19)30-12-3-5-15(23-2)14(20)7-12)32(28,29)13-4-6-17(24-8-13)31-18(21)22/h3-8,11,16,18,26-27H,9-10H2,1H3/t11-,16+,19-/m1/s1. The van der Waals surface area contributed by atoms with Crippen LogP contribution in [0.5, 0.6) is 11.6 Å². The van der Waals surface area contributed by atoms with E-state index in [1.54, 1.807) is 0 Å². The summed E-state index contributed by atoms with van der Waals surface area (Å²) in [6.45, 7) is 4.01. The number of halogens is 3. The van der Waals surface area contributed by atoms with Crippen LogP contribution in [-0.2, 0) is 10.0 Å². The molecule has 2 N–H and O–H groups in total. The van der Waals surface area contributed by atoms with Gasteiger partial charge in [0.15, 0.2) is 0 Å². The Balaban J connectivity index is 1.86. The number of aliphatic hydroxyl groups is 2. The molecule has 1 aliphatic rings. The Morgan fingerprint density at radius 2 is 2.06 bits per heavy atom. The Morgan fingerprint density at radius 1 is 1.34 bits per heavy atom.